The van der Waals surface area contributed by atoms with Crippen molar-refractivity contribution < 1.29 is 14.2 Å². The van der Waals surface area contributed by atoms with Crippen molar-refractivity contribution in [3.63, 3.8) is 0 Å². The average Bonchev–Trinajstić information content (AvgIpc) is 2.84. The number of anilines is 2. The van der Waals surface area contributed by atoms with Gasteiger partial charge in [-0.15, -0.1) is 0 Å². The molecule has 2 fully saturated rings. The van der Waals surface area contributed by atoms with Gasteiger partial charge in [0.05, 0.1) is 56.8 Å². The van der Waals surface area contributed by atoms with Crippen LogP contribution in [0.5, 0.6) is 5.75 Å². The van der Waals surface area contributed by atoms with Gasteiger partial charge < -0.3 is 24.0 Å². The van der Waals surface area contributed by atoms with E-state index in [1.165, 1.54) is 0 Å². The number of rotatable bonds is 4. The molecule has 3 aromatic rings. The number of fused-ring (bicyclic) bond motifs is 1. The number of nitrogens with zero attached hydrogens (tertiary/aromatic N) is 4. The van der Waals surface area contributed by atoms with Crippen molar-refractivity contribution in [2.45, 2.75) is 25.9 Å². The first-order valence-corrected chi connectivity index (χ1v) is 11.3. The van der Waals surface area contributed by atoms with Crippen LogP contribution in [0.2, 0.25) is 0 Å². The highest BCUT2D eigenvalue weighted by molar-refractivity contribution is 5.93. The summed E-state index contributed by atoms with van der Waals surface area (Å²) in [5.74, 6) is 2.79. The lowest BCUT2D eigenvalue weighted by Gasteiger charge is -2.37. The standard InChI is InChI=1S/C25H30N4O3/c1-17-15-31-12-10-28(17)24-14-23-21(25(27-24)29-11-13-32-16-18(29)2)8-9-22(26-23)19-4-6-20(30-3)7-5-19/h4-9,14,17-18H,10-13,15-16H2,1-3H3/t17-,18-/m0/s1. The largest absolute Gasteiger partial charge is 0.497 e. The number of morpholine rings is 2. The maximum Gasteiger partial charge on any atom is 0.140 e. The molecular formula is C25H30N4O3. The molecule has 168 valence electrons. The molecule has 1 aromatic carbocycles. The van der Waals surface area contributed by atoms with Crippen molar-refractivity contribution >= 4 is 22.5 Å². The molecule has 7 nitrogen and oxygen atoms in total. The van der Waals surface area contributed by atoms with E-state index in [2.05, 4.69) is 41.8 Å². The van der Waals surface area contributed by atoms with Gasteiger partial charge in [-0.3, -0.25) is 0 Å². The smallest absolute Gasteiger partial charge is 0.140 e. The van der Waals surface area contributed by atoms with Crippen molar-refractivity contribution in [2.75, 3.05) is 56.4 Å². The summed E-state index contributed by atoms with van der Waals surface area (Å²) >= 11 is 0. The summed E-state index contributed by atoms with van der Waals surface area (Å²) in [4.78, 5) is 14.9. The van der Waals surface area contributed by atoms with E-state index < -0.39 is 0 Å². The predicted molar refractivity (Wildman–Crippen MR) is 127 cm³/mol. The Balaban J connectivity index is 1.63. The molecule has 0 amide bonds. The Bertz CT molecular complexity index is 1090. The third-order valence-corrected chi connectivity index (χ3v) is 6.34. The lowest BCUT2D eigenvalue weighted by Crippen LogP contribution is -2.46. The third-order valence-electron chi connectivity index (χ3n) is 6.34. The van der Waals surface area contributed by atoms with E-state index in [1.54, 1.807) is 7.11 Å². The summed E-state index contributed by atoms with van der Waals surface area (Å²) < 4.78 is 16.6. The first kappa shape index (κ1) is 21.0. The van der Waals surface area contributed by atoms with Crippen LogP contribution in [0.1, 0.15) is 13.8 Å². The van der Waals surface area contributed by atoms with Crippen LogP contribution < -0.4 is 14.5 Å². The molecular weight excluding hydrogens is 404 g/mol. The zero-order valence-electron chi connectivity index (χ0n) is 19.0. The number of hydrogen-bond donors (Lipinski definition) is 0. The number of hydrogen-bond acceptors (Lipinski definition) is 7. The molecule has 4 heterocycles. The van der Waals surface area contributed by atoms with Crippen LogP contribution in [0.3, 0.4) is 0 Å². The highest BCUT2D eigenvalue weighted by Crippen LogP contribution is 2.33. The van der Waals surface area contributed by atoms with Crippen LogP contribution in [-0.4, -0.2) is 68.7 Å². The lowest BCUT2D eigenvalue weighted by atomic mass is 10.1. The zero-order chi connectivity index (χ0) is 22.1. The molecule has 0 unspecified atom stereocenters. The zero-order valence-corrected chi connectivity index (χ0v) is 19.0. The minimum Gasteiger partial charge on any atom is -0.497 e. The van der Waals surface area contributed by atoms with E-state index in [0.717, 1.165) is 52.6 Å². The van der Waals surface area contributed by atoms with E-state index in [0.29, 0.717) is 26.4 Å². The second kappa shape index (κ2) is 8.92. The Kier molecular flexibility index (Phi) is 5.85. The number of benzene rings is 1. The van der Waals surface area contributed by atoms with Gasteiger partial charge in [0.15, 0.2) is 0 Å². The Morgan fingerprint density at radius 1 is 0.875 bits per heavy atom. The first-order valence-electron chi connectivity index (χ1n) is 11.3. The molecule has 2 aromatic heterocycles. The first-order chi connectivity index (χ1) is 15.6. The molecule has 0 N–H and O–H groups in total. The van der Waals surface area contributed by atoms with Gasteiger partial charge >= 0.3 is 0 Å². The summed E-state index contributed by atoms with van der Waals surface area (Å²) in [5, 5.41) is 1.07. The molecule has 32 heavy (non-hydrogen) atoms. The van der Waals surface area contributed by atoms with E-state index in [9.17, 15) is 0 Å². The number of methoxy groups -OCH3 is 1. The van der Waals surface area contributed by atoms with Crippen LogP contribution in [-0.2, 0) is 9.47 Å². The lowest BCUT2D eigenvalue weighted by molar-refractivity contribution is 0.0976. The van der Waals surface area contributed by atoms with Crippen LogP contribution in [0.4, 0.5) is 11.6 Å². The van der Waals surface area contributed by atoms with E-state index in [-0.39, 0.29) is 12.1 Å². The van der Waals surface area contributed by atoms with E-state index in [1.807, 2.05) is 24.3 Å². The summed E-state index contributed by atoms with van der Waals surface area (Å²) in [7, 11) is 1.68. The summed E-state index contributed by atoms with van der Waals surface area (Å²) in [5.41, 5.74) is 2.95. The van der Waals surface area contributed by atoms with Gasteiger partial charge in [0, 0.05) is 30.1 Å². The summed E-state index contributed by atoms with van der Waals surface area (Å²) in [6.07, 6.45) is 0. The number of aromatic nitrogens is 2. The molecule has 2 aliphatic rings. The van der Waals surface area contributed by atoms with Crippen LogP contribution in [0.15, 0.2) is 42.5 Å². The van der Waals surface area contributed by atoms with Crippen LogP contribution >= 0.6 is 0 Å². The molecule has 0 aliphatic carbocycles. The molecule has 2 saturated heterocycles. The Morgan fingerprint density at radius 2 is 1.56 bits per heavy atom. The molecule has 0 spiro atoms. The van der Waals surface area contributed by atoms with Gasteiger partial charge in [-0.1, -0.05) is 0 Å². The van der Waals surface area contributed by atoms with Crippen molar-refractivity contribution in [3.05, 3.63) is 42.5 Å². The van der Waals surface area contributed by atoms with Crippen molar-refractivity contribution in [3.8, 4) is 17.0 Å². The molecule has 0 saturated carbocycles. The van der Waals surface area contributed by atoms with Gasteiger partial charge in [-0.2, -0.15) is 0 Å². The number of pyridine rings is 2. The minimum absolute atomic E-state index is 0.262. The van der Waals surface area contributed by atoms with E-state index >= 15 is 0 Å². The molecule has 0 radical (unpaired) electrons. The second-order valence-electron chi connectivity index (χ2n) is 8.53. The molecule has 0 bridgehead atoms. The SMILES string of the molecule is COc1ccc(-c2ccc3c(N4CCOC[C@@H]4C)nc(N4CCOC[C@@H]4C)cc3n2)cc1. The number of ether oxygens (including phenoxy) is 3. The minimum atomic E-state index is 0.262. The fourth-order valence-corrected chi connectivity index (χ4v) is 4.50. The average molecular weight is 435 g/mol. The van der Waals surface area contributed by atoms with Crippen molar-refractivity contribution in [1.82, 2.24) is 9.97 Å². The van der Waals surface area contributed by atoms with Gasteiger partial charge in [-0.05, 0) is 50.2 Å². The monoisotopic (exact) mass is 434 g/mol. The quantitative estimate of drug-likeness (QED) is 0.620. The molecule has 7 heteroatoms. The predicted octanol–water partition coefficient (Wildman–Crippen LogP) is 3.76. The topological polar surface area (TPSA) is 60.0 Å². The Hall–Kier alpha value is -2.90. The highest BCUT2D eigenvalue weighted by atomic mass is 16.5. The van der Waals surface area contributed by atoms with Crippen LogP contribution in [0, 0.1) is 0 Å². The van der Waals surface area contributed by atoms with Crippen LogP contribution in [0.25, 0.3) is 22.2 Å². The molecule has 5 rings (SSSR count). The maximum absolute atomic E-state index is 5.68. The van der Waals surface area contributed by atoms with Crippen molar-refractivity contribution in [2.24, 2.45) is 0 Å². The molecule has 2 atom stereocenters. The van der Waals surface area contributed by atoms with Gasteiger partial charge in [0.2, 0.25) is 0 Å². The third kappa shape index (κ3) is 3.98. The normalized spacial score (nSPS) is 21.7. The fourth-order valence-electron chi connectivity index (χ4n) is 4.50. The van der Waals surface area contributed by atoms with Gasteiger partial charge in [0.1, 0.15) is 17.4 Å². The van der Waals surface area contributed by atoms with Gasteiger partial charge in [0.25, 0.3) is 0 Å². The summed E-state index contributed by atoms with van der Waals surface area (Å²) in [6.45, 7) is 8.87. The Morgan fingerprint density at radius 3 is 2.22 bits per heavy atom. The fraction of sp³-hybridized carbons (Fsp3) is 0.440. The van der Waals surface area contributed by atoms with Crippen molar-refractivity contribution in [1.29, 1.82) is 0 Å². The summed E-state index contributed by atoms with van der Waals surface area (Å²) in [6, 6.07) is 14.9. The van der Waals surface area contributed by atoms with E-state index in [4.69, 9.17) is 24.2 Å². The maximum atomic E-state index is 5.68. The van der Waals surface area contributed by atoms with Gasteiger partial charge in [-0.25, -0.2) is 9.97 Å². The highest BCUT2D eigenvalue weighted by Gasteiger charge is 2.26. The Labute approximate surface area is 188 Å². The second-order valence-corrected chi connectivity index (χ2v) is 8.53. The molecule has 2 aliphatic heterocycles.